The molecule has 2 rings (SSSR count). The van der Waals surface area contributed by atoms with Crippen LogP contribution in [0.4, 0.5) is 5.82 Å². The maximum Gasteiger partial charge on any atom is 0.234 e. The van der Waals surface area contributed by atoms with Crippen LogP contribution in [-0.2, 0) is 9.59 Å². The zero-order valence-electron chi connectivity index (χ0n) is 7.64. The Morgan fingerprint density at radius 2 is 1.86 bits per heavy atom. The van der Waals surface area contributed by atoms with Gasteiger partial charge < -0.3 is 0 Å². The van der Waals surface area contributed by atoms with Gasteiger partial charge in [0, 0.05) is 19.0 Å². The third-order valence-electron chi connectivity index (χ3n) is 2.16. The number of amides is 2. The quantitative estimate of drug-likeness (QED) is 0.623. The minimum Gasteiger partial charge on any atom is -0.274 e. The Hall–Kier alpha value is -1.71. The SMILES string of the molecule is O=C1CCCC(=O)N1c1ccccn1. The summed E-state index contributed by atoms with van der Waals surface area (Å²) in [6, 6.07) is 5.18. The van der Waals surface area contributed by atoms with Crippen LogP contribution < -0.4 is 4.90 Å². The van der Waals surface area contributed by atoms with Crippen molar-refractivity contribution in [3.8, 4) is 0 Å². The molecule has 0 radical (unpaired) electrons. The van der Waals surface area contributed by atoms with E-state index >= 15 is 0 Å². The molecule has 4 nitrogen and oxygen atoms in total. The summed E-state index contributed by atoms with van der Waals surface area (Å²) >= 11 is 0. The number of imide groups is 1. The van der Waals surface area contributed by atoms with E-state index in [9.17, 15) is 9.59 Å². The Kier molecular flexibility index (Phi) is 2.26. The molecule has 0 unspecified atom stereocenters. The second-order valence-corrected chi connectivity index (χ2v) is 3.16. The molecule has 1 aliphatic rings. The fourth-order valence-corrected chi connectivity index (χ4v) is 1.50. The zero-order chi connectivity index (χ0) is 9.97. The van der Waals surface area contributed by atoms with Gasteiger partial charge in [-0.25, -0.2) is 9.88 Å². The van der Waals surface area contributed by atoms with Crippen LogP contribution in [-0.4, -0.2) is 16.8 Å². The van der Waals surface area contributed by atoms with Crippen LogP contribution in [0.1, 0.15) is 19.3 Å². The number of pyridine rings is 1. The highest BCUT2D eigenvalue weighted by Gasteiger charge is 2.27. The van der Waals surface area contributed by atoms with E-state index in [0.29, 0.717) is 25.1 Å². The molecule has 0 spiro atoms. The molecule has 1 aromatic heterocycles. The van der Waals surface area contributed by atoms with Crippen molar-refractivity contribution in [2.45, 2.75) is 19.3 Å². The van der Waals surface area contributed by atoms with Gasteiger partial charge in [0.05, 0.1) is 0 Å². The third kappa shape index (κ3) is 1.51. The summed E-state index contributed by atoms with van der Waals surface area (Å²) in [6.45, 7) is 0. The van der Waals surface area contributed by atoms with Gasteiger partial charge in [-0.1, -0.05) is 6.07 Å². The molecular weight excluding hydrogens is 180 g/mol. The van der Waals surface area contributed by atoms with Crippen LogP contribution >= 0.6 is 0 Å². The monoisotopic (exact) mass is 190 g/mol. The smallest absolute Gasteiger partial charge is 0.234 e. The average molecular weight is 190 g/mol. The first-order chi connectivity index (χ1) is 6.79. The number of carbonyl (C=O) groups is 2. The highest BCUT2D eigenvalue weighted by molar-refractivity contribution is 6.15. The predicted octanol–water partition coefficient (Wildman–Crippen LogP) is 1.13. The van der Waals surface area contributed by atoms with Crippen molar-refractivity contribution in [2.75, 3.05) is 4.90 Å². The molecule has 1 aliphatic heterocycles. The number of nitrogens with zero attached hydrogens (tertiary/aromatic N) is 2. The standard InChI is InChI=1S/C10H10N2O2/c13-9-5-3-6-10(14)12(9)8-4-1-2-7-11-8/h1-2,4,7H,3,5-6H2. The fourth-order valence-electron chi connectivity index (χ4n) is 1.50. The number of rotatable bonds is 1. The second-order valence-electron chi connectivity index (χ2n) is 3.16. The lowest BCUT2D eigenvalue weighted by Gasteiger charge is -2.23. The Morgan fingerprint density at radius 1 is 1.14 bits per heavy atom. The fraction of sp³-hybridized carbons (Fsp3) is 0.300. The lowest BCUT2D eigenvalue weighted by Crippen LogP contribution is -2.40. The summed E-state index contributed by atoms with van der Waals surface area (Å²) in [5, 5.41) is 0. The molecule has 14 heavy (non-hydrogen) atoms. The predicted molar refractivity (Wildman–Crippen MR) is 50.6 cm³/mol. The van der Waals surface area contributed by atoms with E-state index < -0.39 is 0 Å². The summed E-state index contributed by atoms with van der Waals surface area (Å²) in [5.74, 6) is 0.127. The van der Waals surface area contributed by atoms with Crippen molar-refractivity contribution in [3.05, 3.63) is 24.4 Å². The van der Waals surface area contributed by atoms with E-state index in [-0.39, 0.29) is 11.8 Å². The van der Waals surface area contributed by atoms with Gasteiger partial charge in [0.2, 0.25) is 11.8 Å². The Labute approximate surface area is 81.6 Å². The van der Waals surface area contributed by atoms with E-state index in [0.717, 1.165) is 0 Å². The summed E-state index contributed by atoms with van der Waals surface area (Å²) in [5.41, 5.74) is 0. The highest BCUT2D eigenvalue weighted by atomic mass is 16.2. The van der Waals surface area contributed by atoms with Crippen molar-refractivity contribution < 1.29 is 9.59 Å². The molecule has 2 heterocycles. The summed E-state index contributed by atoms with van der Waals surface area (Å²) < 4.78 is 0. The van der Waals surface area contributed by atoms with Crippen molar-refractivity contribution in [1.82, 2.24) is 4.98 Å². The minimum absolute atomic E-state index is 0.153. The first-order valence-electron chi connectivity index (χ1n) is 4.56. The first kappa shape index (κ1) is 8.87. The van der Waals surface area contributed by atoms with E-state index in [1.165, 1.54) is 4.90 Å². The summed E-state index contributed by atoms with van der Waals surface area (Å²) in [6.07, 6.45) is 3.09. The first-order valence-corrected chi connectivity index (χ1v) is 4.56. The minimum atomic E-state index is -0.153. The normalized spacial score (nSPS) is 17.3. The Morgan fingerprint density at radius 3 is 2.43 bits per heavy atom. The van der Waals surface area contributed by atoms with Gasteiger partial charge >= 0.3 is 0 Å². The Balaban J connectivity index is 2.32. The van der Waals surface area contributed by atoms with E-state index in [1.54, 1.807) is 24.4 Å². The number of carbonyl (C=O) groups excluding carboxylic acids is 2. The number of hydrogen-bond acceptors (Lipinski definition) is 3. The molecule has 0 atom stereocenters. The largest absolute Gasteiger partial charge is 0.274 e. The zero-order valence-corrected chi connectivity index (χ0v) is 7.64. The topological polar surface area (TPSA) is 50.3 Å². The van der Waals surface area contributed by atoms with Crippen LogP contribution in [0, 0.1) is 0 Å². The van der Waals surface area contributed by atoms with Gasteiger partial charge in [0.1, 0.15) is 5.82 Å². The van der Waals surface area contributed by atoms with Crippen LogP contribution in [0.25, 0.3) is 0 Å². The summed E-state index contributed by atoms with van der Waals surface area (Å²) in [4.78, 5) is 28.1. The summed E-state index contributed by atoms with van der Waals surface area (Å²) in [7, 11) is 0. The van der Waals surface area contributed by atoms with E-state index in [1.807, 2.05) is 0 Å². The van der Waals surface area contributed by atoms with Gasteiger partial charge in [-0.3, -0.25) is 9.59 Å². The third-order valence-corrected chi connectivity index (χ3v) is 2.16. The van der Waals surface area contributed by atoms with Crippen molar-refractivity contribution in [1.29, 1.82) is 0 Å². The molecule has 1 fully saturated rings. The number of hydrogen-bond donors (Lipinski definition) is 0. The number of piperidine rings is 1. The molecule has 0 saturated carbocycles. The van der Waals surface area contributed by atoms with Crippen molar-refractivity contribution in [3.63, 3.8) is 0 Å². The lowest BCUT2D eigenvalue weighted by atomic mass is 10.1. The second kappa shape index (κ2) is 3.57. The van der Waals surface area contributed by atoms with Gasteiger partial charge in [-0.2, -0.15) is 0 Å². The molecule has 1 saturated heterocycles. The molecule has 2 amide bonds. The lowest BCUT2D eigenvalue weighted by molar-refractivity contribution is -0.129. The molecule has 0 aromatic carbocycles. The average Bonchev–Trinajstić information content (AvgIpc) is 2.19. The maximum atomic E-state index is 11.5. The highest BCUT2D eigenvalue weighted by Crippen LogP contribution is 2.18. The molecule has 0 N–H and O–H groups in total. The molecule has 0 aliphatic carbocycles. The molecule has 72 valence electrons. The molecule has 4 heteroatoms. The van der Waals surface area contributed by atoms with Crippen LogP contribution in [0.15, 0.2) is 24.4 Å². The van der Waals surface area contributed by atoms with Crippen LogP contribution in [0.5, 0.6) is 0 Å². The van der Waals surface area contributed by atoms with Gasteiger partial charge in [0.25, 0.3) is 0 Å². The van der Waals surface area contributed by atoms with Gasteiger partial charge in [-0.05, 0) is 18.6 Å². The number of aromatic nitrogens is 1. The number of anilines is 1. The van der Waals surface area contributed by atoms with Crippen molar-refractivity contribution >= 4 is 17.6 Å². The van der Waals surface area contributed by atoms with E-state index in [4.69, 9.17) is 0 Å². The van der Waals surface area contributed by atoms with Crippen LogP contribution in [0.3, 0.4) is 0 Å². The molecular formula is C10H10N2O2. The van der Waals surface area contributed by atoms with E-state index in [2.05, 4.69) is 4.98 Å². The maximum absolute atomic E-state index is 11.5. The van der Waals surface area contributed by atoms with Gasteiger partial charge in [-0.15, -0.1) is 0 Å². The Bertz CT molecular complexity index is 346. The molecule has 1 aromatic rings. The van der Waals surface area contributed by atoms with Crippen LogP contribution in [0.2, 0.25) is 0 Å². The van der Waals surface area contributed by atoms with Gasteiger partial charge in [0.15, 0.2) is 0 Å². The molecule has 0 bridgehead atoms. The van der Waals surface area contributed by atoms with Crippen molar-refractivity contribution in [2.24, 2.45) is 0 Å².